The lowest BCUT2D eigenvalue weighted by Crippen LogP contribution is -1.99. The number of carbonyl (C=O) groups excluding carboxylic acids is 1. The first-order valence-corrected chi connectivity index (χ1v) is 10.3. The van der Waals surface area contributed by atoms with Crippen LogP contribution in [0.2, 0.25) is 0 Å². The molecular formula is C27H24O6. The van der Waals surface area contributed by atoms with Gasteiger partial charge in [-0.1, -0.05) is 30.3 Å². The standard InChI is InChI=1S/C27H24O6/c1-30-21-13-14-22(31-2)25-24(21)23(32-3)15-17(27(25)33-4)10-12-20(28)19-11-9-16-7-5-6-8-18(16)26(19)29/h5-15,29H,1-4H3/b12-10+. The van der Waals surface area contributed by atoms with Crippen LogP contribution in [0.1, 0.15) is 15.9 Å². The van der Waals surface area contributed by atoms with Crippen molar-refractivity contribution < 1.29 is 28.8 Å². The van der Waals surface area contributed by atoms with E-state index in [9.17, 15) is 9.90 Å². The molecule has 0 aliphatic heterocycles. The fourth-order valence-electron chi connectivity index (χ4n) is 4.01. The van der Waals surface area contributed by atoms with Crippen molar-refractivity contribution in [2.24, 2.45) is 0 Å². The summed E-state index contributed by atoms with van der Waals surface area (Å²) in [6, 6.07) is 16.1. The van der Waals surface area contributed by atoms with Crippen molar-refractivity contribution in [2.45, 2.75) is 0 Å². The van der Waals surface area contributed by atoms with E-state index in [-0.39, 0.29) is 17.1 Å². The second-order valence-electron chi connectivity index (χ2n) is 7.30. The molecule has 0 atom stereocenters. The predicted octanol–water partition coefficient (Wildman–Crippen LogP) is 5.63. The van der Waals surface area contributed by atoms with Crippen molar-refractivity contribution in [1.29, 1.82) is 0 Å². The van der Waals surface area contributed by atoms with Gasteiger partial charge in [0.15, 0.2) is 5.78 Å². The lowest BCUT2D eigenvalue weighted by atomic mass is 9.99. The summed E-state index contributed by atoms with van der Waals surface area (Å²) in [6.07, 6.45) is 3.04. The van der Waals surface area contributed by atoms with Crippen molar-refractivity contribution in [3.05, 3.63) is 71.8 Å². The van der Waals surface area contributed by atoms with E-state index in [1.54, 1.807) is 64.8 Å². The summed E-state index contributed by atoms with van der Waals surface area (Å²) in [5.74, 6) is 1.85. The van der Waals surface area contributed by atoms with Crippen LogP contribution in [0.25, 0.3) is 27.6 Å². The van der Waals surface area contributed by atoms with Gasteiger partial charge in [0.05, 0.1) is 44.8 Å². The lowest BCUT2D eigenvalue weighted by molar-refractivity contribution is 0.104. The van der Waals surface area contributed by atoms with E-state index in [1.807, 2.05) is 24.3 Å². The van der Waals surface area contributed by atoms with Crippen molar-refractivity contribution in [3.63, 3.8) is 0 Å². The summed E-state index contributed by atoms with van der Waals surface area (Å²) < 4.78 is 22.4. The Labute approximate surface area is 191 Å². The summed E-state index contributed by atoms with van der Waals surface area (Å²) in [5, 5.41) is 13.5. The number of carbonyl (C=O) groups is 1. The number of fused-ring (bicyclic) bond motifs is 2. The zero-order chi connectivity index (χ0) is 23.5. The molecule has 0 aliphatic carbocycles. The third-order valence-electron chi connectivity index (χ3n) is 5.60. The molecule has 0 saturated heterocycles. The van der Waals surface area contributed by atoms with Gasteiger partial charge in [0, 0.05) is 10.9 Å². The van der Waals surface area contributed by atoms with Crippen LogP contribution >= 0.6 is 0 Å². The first kappa shape index (κ1) is 22.0. The van der Waals surface area contributed by atoms with Crippen LogP contribution < -0.4 is 18.9 Å². The molecule has 6 heteroatoms. The first-order valence-electron chi connectivity index (χ1n) is 10.3. The van der Waals surface area contributed by atoms with Gasteiger partial charge in [-0.25, -0.2) is 0 Å². The Kier molecular flexibility index (Phi) is 6.09. The van der Waals surface area contributed by atoms with E-state index in [4.69, 9.17) is 18.9 Å². The Morgan fingerprint density at radius 2 is 1.45 bits per heavy atom. The molecule has 0 bridgehead atoms. The van der Waals surface area contributed by atoms with E-state index in [1.165, 1.54) is 6.08 Å². The maximum Gasteiger partial charge on any atom is 0.189 e. The molecule has 0 fully saturated rings. The number of aromatic hydroxyl groups is 1. The smallest absolute Gasteiger partial charge is 0.189 e. The third kappa shape index (κ3) is 3.80. The van der Waals surface area contributed by atoms with Gasteiger partial charge in [-0.15, -0.1) is 0 Å². The molecule has 168 valence electrons. The highest BCUT2D eigenvalue weighted by atomic mass is 16.5. The number of benzene rings is 4. The maximum absolute atomic E-state index is 13.0. The summed E-state index contributed by atoms with van der Waals surface area (Å²) in [6.45, 7) is 0. The van der Waals surface area contributed by atoms with Crippen molar-refractivity contribution >= 4 is 33.4 Å². The topological polar surface area (TPSA) is 74.2 Å². The Bertz CT molecular complexity index is 1390. The molecule has 0 radical (unpaired) electrons. The van der Waals surface area contributed by atoms with Gasteiger partial charge >= 0.3 is 0 Å². The number of phenolic OH excluding ortho intramolecular Hbond substituents is 1. The summed E-state index contributed by atoms with van der Waals surface area (Å²) >= 11 is 0. The summed E-state index contributed by atoms with van der Waals surface area (Å²) in [5.41, 5.74) is 0.831. The van der Waals surface area contributed by atoms with Crippen LogP contribution in [-0.4, -0.2) is 39.3 Å². The van der Waals surface area contributed by atoms with Gasteiger partial charge < -0.3 is 24.1 Å². The monoisotopic (exact) mass is 444 g/mol. The van der Waals surface area contributed by atoms with E-state index in [2.05, 4.69) is 0 Å². The third-order valence-corrected chi connectivity index (χ3v) is 5.60. The zero-order valence-electron chi connectivity index (χ0n) is 18.8. The molecule has 4 rings (SSSR count). The van der Waals surface area contributed by atoms with Crippen LogP contribution in [0.4, 0.5) is 0 Å². The highest BCUT2D eigenvalue weighted by molar-refractivity contribution is 6.12. The van der Waals surface area contributed by atoms with E-state index < -0.39 is 0 Å². The number of phenols is 1. The lowest BCUT2D eigenvalue weighted by Gasteiger charge is -2.17. The molecule has 0 aromatic heterocycles. The van der Waals surface area contributed by atoms with Gasteiger partial charge in [0.1, 0.15) is 28.7 Å². The van der Waals surface area contributed by atoms with Crippen LogP contribution in [0.15, 0.2) is 60.7 Å². The first-order chi connectivity index (χ1) is 16.0. The number of rotatable bonds is 7. The number of ether oxygens (including phenoxy) is 4. The Morgan fingerprint density at radius 1 is 0.788 bits per heavy atom. The van der Waals surface area contributed by atoms with Gasteiger partial charge in [-0.2, -0.15) is 0 Å². The fourth-order valence-corrected chi connectivity index (χ4v) is 4.01. The van der Waals surface area contributed by atoms with Crippen molar-refractivity contribution in [1.82, 2.24) is 0 Å². The molecule has 0 saturated carbocycles. The molecule has 4 aromatic carbocycles. The van der Waals surface area contributed by atoms with Crippen LogP contribution in [0.5, 0.6) is 28.7 Å². The minimum atomic E-state index is -0.336. The van der Waals surface area contributed by atoms with Crippen LogP contribution in [-0.2, 0) is 0 Å². The molecule has 0 aliphatic rings. The molecule has 0 unspecified atom stereocenters. The fraction of sp³-hybridized carbons (Fsp3) is 0.148. The van der Waals surface area contributed by atoms with Crippen molar-refractivity contribution in [3.8, 4) is 28.7 Å². The number of allylic oxidation sites excluding steroid dienone is 1. The van der Waals surface area contributed by atoms with Crippen LogP contribution in [0.3, 0.4) is 0 Å². The van der Waals surface area contributed by atoms with E-state index in [0.717, 1.165) is 5.39 Å². The minimum Gasteiger partial charge on any atom is -0.507 e. The highest BCUT2D eigenvalue weighted by Crippen LogP contribution is 2.46. The number of hydrogen-bond donors (Lipinski definition) is 1. The number of hydrogen-bond acceptors (Lipinski definition) is 6. The second kappa shape index (κ2) is 9.12. The Balaban J connectivity index is 1.85. The SMILES string of the molecule is COc1ccc(OC)c2c(OC)c(/C=C/C(=O)c3ccc4ccccc4c3O)cc(OC)c12. The molecule has 4 aromatic rings. The molecule has 0 amide bonds. The maximum atomic E-state index is 13.0. The second-order valence-corrected chi connectivity index (χ2v) is 7.30. The Morgan fingerprint density at radius 3 is 2.12 bits per heavy atom. The molecule has 0 spiro atoms. The van der Waals surface area contributed by atoms with Gasteiger partial charge in [-0.3, -0.25) is 4.79 Å². The van der Waals surface area contributed by atoms with Crippen molar-refractivity contribution in [2.75, 3.05) is 28.4 Å². The molecule has 6 nitrogen and oxygen atoms in total. The average Bonchev–Trinajstić information content (AvgIpc) is 2.86. The zero-order valence-corrected chi connectivity index (χ0v) is 18.8. The van der Waals surface area contributed by atoms with Gasteiger partial charge in [-0.05, 0) is 41.8 Å². The summed E-state index contributed by atoms with van der Waals surface area (Å²) in [4.78, 5) is 13.0. The molecule has 1 N–H and O–H groups in total. The largest absolute Gasteiger partial charge is 0.507 e. The molecule has 0 heterocycles. The summed E-state index contributed by atoms with van der Waals surface area (Å²) in [7, 11) is 6.26. The molecular weight excluding hydrogens is 420 g/mol. The van der Waals surface area contributed by atoms with E-state index >= 15 is 0 Å². The number of methoxy groups -OCH3 is 4. The normalized spacial score (nSPS) is 11.2. The Hall–Kier alpha value is -4.19. The number of ketones is 1. The van der Waals surface area contributed by atoms with Gasteiger partial charge in [0.25, 0.3) is 0 Å². The predicted molar refractivity (Wildman–Crippen MR) is 129 cm³/mol. The van der Waals surface area contributed by atoms with E-state index in [0.29, 0.717) is 44.7 Å². The molecule has 33 heavy (non-hydrogen) atoms. The minimum absolute atomic E-state index is 0.0442. The van der Waals surface area contributed by atoms with Crippen LogP contribution in [0, 0.1) is 0 Å². The quantitative estimate of drug-likeness (QED) is 0.294. The van der Waals surface area contributed by atoms with Gasteiger partial charge in [0.2, 0.25) is 0 Å². The average molecular weight is 444 g/mol. The highest BCUT2D eigenvalue weighted by Gasteiger charge is 2.20.